The van der Waals surface area contributed by atoms with Crippen molar-refractivity contribution >= 4 is 35.2 Å². The molecule has 0 spiro atoms. The number of benzene rings is 1. The number of nitrogens with two attached hydrogens (primary N) is 1. The molecule has 144 valence electrons. The molecule has 1 aromatic carbocycles. The molecule has 27 heavy (non-hydrogen) atoms. The molecule has 0 aliphatic carbocycles. The highest BCUT2D eigenvalue weighted by molar-refractivity contribution is 7.99. The third kappa shape index (κ3) is 5.61. The van der Waals surface area contributed by atoms with Gasteiger partial charge in [-0.15, -0.1) is 5.10 Å². The van der Waals surface area contributed by atoms with Gasteiger partial charge in [-0.2, -0.15) is 0 Å². The first kappa shape index (κ1) is 19.5. The summed E-state index contributed by atoms with van der Waals surface area (Å²) in [6.45, 7) is 1.35. The predicted octanol–water partition coefficient (Wildman–Crippen LogP) is 1.85. The number of carbonyl (C=O) groups excluding carboxylic acids is 2. The van der Waals surface area contributed by atoms with Gasteiger partial charge in [0.25, 0.3) is 0 Å². The van der Waals surface area contributed by atoms with Crippen molar-refractivity contribution < 1.29 is 14.3 Å². The second-order valence-electron chi connectivity index (χ2n) is 6.15. The van der Waals surface area contributed by atoms with Crippen LogP contribution in [0.3, 0.4) is 0 Å². The van der Waals surface area contributed by atoms with Crippen molar-refractivity contribution in [1.29, 1.82) is 0 Å². The summed E-state index contributed by atoms with van der Waals surface area (Å²) in [7, 11) is 0. The molecule has 1 aliphatic heterocycles. The molecule has 0 radical (unpaired) electrons. The number of hydrogen-bond acceptors (Lipinski definition) is 6. The summed E-state index contributed by atoms with van der Waals surface area (Å²) in [6, 6.07) is 7.04. The number of carbonyl (C=O) groups is 2. The number of aromatic amines is 1. The quantitative estimate of drug-likeness (QED) is 0.674. The minimum Gasteiger partial charge on any atom is -0.486 e. The molecule has 2 heterocycles. The Balaban J connectivity index is 1.42. The number of rotatable bonds is 7. The normalized spacial score (nSPS) is 14.9. The molecular formula is C17H20ClN5O3S. The highest BCUT2D eigenvalue weighted by Crippen LogP contribution is 2.20. The average molecular weight is 410 g/mol. The second kappa shape index (κ2) is 9.09. The number of halogens is 1. The summed E-state index contributed by atoms with van der Waals surface area (Å²) in [6.07, 6.45) is 1.25. The fraction of sp³-hybridized carbons (Fsp3) is 0.412. The van der Waals surface area contributed by atoms with Crippen molar-refractivity contribution in [3.8, 4) is 5.75 Å². The van der Waals surface area contributed by atoms with Crippen LogP contribution in [0.4, 0.5) is 0 Å². The van der Waals surface area contributed by atoms with Crippen LogP contribution in [0.2, 0.25) is 5.02 Å². The summed E-state index contributed by atoms with van der Waals surface area (Å²) in [5, 5.41) is 8.02. The molecule has 2 amide bonds. The lowest BCUT2D eigenvalue weighted by Gasteiger charge is -2.30. The van der Waals surface area contributed by atoms with Crippen molar-refractivity contribution in [2.75, 3.05) is 18.8 Å². The van der Waals surface area contributed by atoms with Crippen LogP contribution in [0, 0.1) is 5.92 Å². The number of amides is 2. The van der Waals surface area contributed by atoms with Crippen LogP contribution in [0.1, 0.15) is 18.7 Å². The number of thioether (sulfide) groups is 1. The van der Waals surface area contributed by atoms with E-state index < -0.39 is 0 Å². The van der Waals surface area contributed by atoms with Crippen LogP contribution in [0.25, 0.3) is 0 Å². The van der Waals surface area contributed by atoms with Gasteiger partial charge in [0.15, 0.2) is 5.82 Å². The van der Waals surface area contributed by atoms with E-state index in [4.69, 9.17) is 22.1 Å². The molecule has 3 N–H and O–H groups in total. The lowest BCUT2D eigenvalue weighted by molar-refractivity contribution is -0.132. The van der Waals surface area contributed by atoms with Crippen LogP contribution >= 0.6 is 23.4 Å². The van der Waals surface area contributed by atoms with Gasteiger partial charge in [-0.25, -0.2) is 4.98 Å². The Morgan fingerprint density at radius 1 is 1.30 bits per heavy atom. The van der Waals surface area contributed by atoms with Gasteiger partial charge in [-0.3, -0.25) is 14.7 Å². The van der Waals surface area contributed by atoms with Crippen molar-refractivity contribution in [2.24, 2.45) is 11.7 Å². The van der Waals surface area contributed by atoms with E-state index in [2.05, 4.69) is 15.2 Å². The fourth-order valence-corrected chi connectivity index (χ4v) is 3.57. The first-order valence-corrected chi connectivity index (χ1v) is 9.87. The van der Waals surface area contributed by atoms with E-state index in [0.717, 1.165) is 0 Å². The molecule has 10 heteroatoms. The monoisotopic (exact) mass is 409 g/mol. The molecule has 0 unspecified atom stereocenters. The van der Waals surface area contributed by atoms with E-state index >= 15 is 0 Å². The predicted molar refractivity (Wildman–Crippen MR) is 101 cm³/mol. The fourth-order valence-electron chi connectivity index (χ4n) is 2.72. The Hall–Kier alpha value is -2.26. The molecule has 1 aliphatic rings. The molecule has 1 fully saturated rings. The lowest BCUT2D eigenvalue weighted by atomic mass is 9.96. The second-order valence-corrected chi connectivity index (χ2v) is 7.53. The molecule has 0 saturated carbocycles. The number of likely N-dealkylation sites (tertiary alicyclic amines) is 1. The largest absolute Gasteiger partial charge is 0.486 e. The first-order chi connectivity index (χ1) is 13.0. The number of hydrogen-bond donors (Lipinski definition) is 2. The van der Waals surface area contributed by atoms with Gasteiger partial charge in [-0.05, 0) is 37.1 Å². The maximum Gasteiger partial charge on any atom is 0.233 e. The van der Waals surface area contributed by atoms with Crippen LogP contribution in [-0.4, -0.2) is 50.7 Å². The van der Waals surface area contributed by atoms with Gasteiger partial charge in [0, 0.05) is 24.0 Å². The van der Waals surface area contributed by atoms with Crippen molar-refractivity contribution in [3.63, 3.8) is 0 Å². The zero-order valence-corrected chi connectivity index (χ0v) is 16.1. The van der Waals surface area contributed by atoms with Gasteiger partial charge in [0.2, 0.25) is 17.0 Å². The highest BCUT2D eigenvalue weighted by Gasteiger charge is 2.25. The third-order valence-corrected chi connectivity index (χ3v) is 5.36. The Labute approximate surface area is 165 Å². The number of piperidine rings is 1. The van der Waals surface area contributed by atoms with E-state index in [0.29, 0.717) is 47.7 Å². The SMILES string of the molecule is NC(=O)C1CCN(C(=O)CSc2n[nH]c(COc3ccc(Cl)cc3)n2)CC1. The van der Waals surface area contributed by atoms with Crippen LogP contribution in [0.5, 0.6) is 5.75 Å². The summed E-state index contributed by atoms with van der Waals surface area (Å²) < 4.78 is 5.60. The van der Waals surface area contributed by atoms with E-state index in [9.17, 15) is 9.59 Å². The number of H-pyrrole nitrogens is 1. The standard InChI is InChI=1S/C17H20ClN5O3S/c18-12-1-3-13(4-2-12)26-9-14-20-17(22-21-14)27-10-15(24)23-7-5-11(6-8-23)16(19)25/h1-4,11H,5-10H2,(H2,19,25)(H,20,21,22). The number of primary amides is 1. The summed E-state index contributed by atoms with van der Waals surface area (Å²) in [5.74, 6) is 1.09. The Morgan fingerprint density at radius 3 is 2.67 bits per heavy atom. The smallest absolute Gasteiger partial charge is 0.233 e. The van der Waals surface area contributed by atoms with Gasteiger partial charge in [-0.1, -0.05) is 23.4 Å². The van der Waals surface area contributed by atoms with E-state index in [1.165, 1.54) is 11.8 Å². The van der Waals surface area contributed by atoms with Crippen molar-refractivity contribution in [3.05, 3.63) is 35.1 Å². The van der Waals surface area contributed by atoms with Gasteiger partial charge < -0.3 is 15.4 Å². The Bertz CT molecular complexity index is 790. The van der Waals surface area contributed by atoms with Crippen LogP contribution < -0.4 is 10.5 Å². The van der Waals surface area contributed by atoms with Crippen LogP contribution in [0.15, 0.2) is 29.4 Å². The van der Waals surface area contributed by atoms with E-state index in [1.54, 1.807) is 29.2 Å². The first-order valence-electron chi connectivity index (χ1n) is 8.51. The summed E-state index contributed by atoms with van der Waals surface area (Å²) >= 11 is 7.10. The Morgan fingerprint density at radius 2 is 2.00 bits per heavy atom. The van der Waals surface area contributed by atoms with Gasteiger partial charge in [0.05, 0.1) is 5.75 Å². The molecule has 3 rings (SSSR count). The molecular weight excluding hydrogens is 390 g/mol. The zero-order chi connectivity index (χ0) is 19.2. The molecule has 8 nitrogen and oxygen atoms in total. The average Bonchev–Trinajstić information content (AvgIpc) is 3.13. The highest BCUT2D eigenvalue weighted by atomic mass is 35.5. The minimum atomic E-state index is -0.287. The Kier molecular flexibility index (Phi) is 6.57. The number of nitrogens with one attached hydrogen (secondary N) is 1. The molecule has 2 aromatic rings. The van der Waals surface area contributed by atoms with E-state index in [-0.39, 0.29) is 30.1 Å². The molecule has 1 saturated heterocycles. The van der Waals surface area contributed by atoms with Crippen molar-refractivity contribution in [1.82, 2.24) is 20.1 Å². The van der Waals surface area contributed by atoms with E-state index in [1.807, 2.05) is 0 Å². The molecule has 1 aromatic heterocycles. The number of ether oxygens (including phenoxy) is 1. The topological polar surface area (TPSA) is 114 Å². The third-order valence-electron chi connectivity index (χ3n) is 4.28. The summed E-state index contributed by atoms with van der Waals surface area (Å²) in [4.78, 5) is 29.5. The number of aromatic nitrogens is 3. The zero-order valence-electron chi connectivity index (χ0n) is 14.6. The molecule has 0 bridgehead atoms. The van der Waals surface area contributed by atoms with Crippen LogP contribution in [-0.2, 0) is 16.2 Å². The maximum atomic E-state index is 12.3. The number of nitrogens with zero attached hydrogens (tertiary/aromatic N) is 3. The minimum absolute atomic E-state index is 0.00619. The van der Waals surface area contributed by atoms with Gasteiger partial charge in [0.1, 0.15) is 12.4 Å². The lowest BCUT2D eigenvalue weighted by Crippen LogP contribution is -2.42. The van der Waals surface area contributed by atoms with Crippen molar-refractivity contribution in [2.45, 2.75) is 24.6 Å². The maximum absolute atomic E-state index is 12.3. The summed E-state index contributed by atoms with van der Waals surface area (Å²) in [5.41, 5.74) is 5.31. The molecule has 0 atom stereocenters. The van der Waals surface area contributed by atoms with Gasteiger partial charge >= 0.3 is 0 Å².